The molecule has 1 aromatic heterocycles. The molecule has 2 aromatic rings. The molecule has 1 amide bonds. The van der Waals surface area contributed by atoms with Gasteiger partial charge in [-0.3, -0.25) is 4.79 Å². The number of hydrogen-bond donors (Lipinski definition) is 0. The second-order valence-corrected chi connectivity index (χ2v) is 7.62. The number of carbonyl (C=O) groups is 1. The lowest BCUT2D eigenvalue weighted by molar-refractivity contribution is 0.0726. The highest BCUT2D eigenvalue weighted by molar-refractivity contribution is 7.13. The van der Waals surface area contributed by atoms with E-state index in [0.717, 1.165) is 32.6 Å². The van der Waals surface area contributed by atoms with Crippen molar-refractivity contribution in [2.24, 2.45) is 5.92 Å². The van der Waals surface area contributed by atoms with Crippen molar-refractivity contribution < 1.29 is 14.3 Å². The van der Waals surface area contributed by atoms with Crippen LogP contribution in [0.4, 0.5) is 0 Å². The third-order valence-electron chi connectivity index (χ3n) is 3.78. The number of nitrogens with zero attached hydrogens (tertiary/aromatic N) is 2. The summed E-state index contributed by atoms with van der Waals surface area (Å²) >= 11 is 1.46. The van der Waals surface area contributed by atoms with Gasteiger partial charge in [0.2, 0.25) is 6.79 Å². The van der Waals surface area contributed by atoms with Crippen molar-refractivity contribution >= 4 is 17.2 Å². The highest BCUT2D eigenvalue weighted by Crippen LogP contribution is 2.33. The van der Waals surface area contributed by atoms with Gasteiger partial charge in [-0.25, -0.2) is 4.98 Å². The number of ether oxygens (including phenoxy) is 2. The number of hydrogen-bond acceptors (Lipinski definition) is 5. The Bertz CT molecular complexity index is 755. The van der Waals surface area contributed by atoms with E-state index in [2.05, 4.69) is 18.8 Å². The van der Waals surface area contributed by atoms with E-state index in [4.69, 9.17) is 9.47 Å². The van der Waals surface area contributed by atoms with Gasteiger partial charge in [0, 0.05) is 13.1 Å². The van der Waals surface area contributed by atoms with E-state index in [-0.39, 0.29) is 12.7 Å². The molecular weight excluding hydrogens is 324 g/mol. The molecule has 0 unspecified atom stereocenters. The van der Waals surface area contributed by atoms with Gasteiger partial charge in [0.1, 0.15) is 4.88 Å². The maximum atomic E-state index is 13.0. The Balaban J connectivity index is 1.83. The third kappa shape index (κ3) is 3.53. The van der Waals surface area contributed by atoms with Gasteiger partial charge in [-0.15, -0.1) is 11.3 Å². The first-order valence-corrected chi connectivity index (χ1v) is 8.87. The quantitative estimate of drug-likeness (QED) is 0.826. The number of rotatable bonds is 5. The lowest BCUT2D eigenvalue weighted by atomic mass is 10.1. The van der Waals surface area contributed by atoms with E-state index in [1.807, 2.05) is 36.9 Å². The van der Waals surface area contributed by atoms with E-state index in [9.17, 15) is 4.79 Å². The molecule has 1 aliphatic rings. The Morgan fingerprint density at radius 2 is 2.04 bits per heavy atom. The molecule has 1 aromatic carbocycles. The van der Waals surface area contributed by atoms with Crippen molar-refractivity contribution in [1.29, 1.82) is 0 Å². The van der Waals surface area contributed by atoms with Gasteiger partial charge in [-0.05, 0) is 37.5 Å². The van der Waals surface area contributed by atoms with Crippen LogP contribution in [0.25, 0.3) is 0 Å². The van der Waals surface area contributed by atoms with Crippen molar-refractivity contribution in [2.45, 2.75) is 34.2 Å². The summed E-state index contributed by atoms with van der Waals surface area (Å²) in [6.45, 7) is 9.56. The summed E-state index contributed by atoms with van der Waals surface area (Å²) < 4.78 is 10.8. The molecule has 0 radical (unpaired) electrons. The number of carbonyl (C=O) groups excluding carboxylic acids is 1. The molecule has 0 fully saturated rings. The summed E-state index contributed by atoms with van der Waals surface area (Å²) in [5.74, 6) is 1.94. The van der Waals surface area contributed by atoms with Gasteiger partial charge in [-0.1, -0.05) is 19.9 Å². The zero-order valence-corrected chi connectivity index (χ0v) is 15.3. The number of amides is 1. The number of thiazole rings is 1. The van der Waals surface area contributed by atoms with Gasteiger partial charge in [0.15, 0.2) is 11.5 Å². The molecule has 2 heterocycles. The minimum Gasteiger partial charge on any atom is -0.454 e. The first kappa shape index (κ1) is 16.8. The molecule has 3 rings (SSSR count). The van der Waals surface area contributed by atoms with Gasteiger partial charge >= 0.3 is 0 Å². The monoisotopic (exact) mass is 346 g/mol. The Labute approximate surface area is 146 Å². The van der Waals surface area contributed by atoms with Gasteiger partial charge in [-0.2, -0.15) is 0 Å². The smallest absolute Gasteiger partial charge is 0.266 e. The average Bonchev–Trinajstić information content (AvgIpc) is 3.10. The molecule has 6 heteroatoms. The summed E-state index contributed by atoms with van der Waals surface area (Å²) in [5, 5.41) is 0.920. The summed E-state index contributed by atoms with van der Waals surface area (Å²) in [6, 6.07) is 5.84. The molecule has 0 atom stereocenters. The first-order chi connectivity index (χ1) is 11.4. The van der Waals surface area contributed by atoms with E-state index >= 15 is 0 Å². The zero-order chi connectivity index (χ0) is 17.3. The molecule has 0 N–H and O–H groups in total. The van der Waals surface area contributed by atoms with Crippen LogP contribution < -0.4 is 9.47 Å². The molecule has 0 bridgehead atoms. The number of aryl methyl sites for hydroxylation is 2. The predicted octanol–water partition coefficient (Wildman–Crippen LogP) is 3.79. The number of aromatic nitrogens is 1. The van der Waals surface area contributed by atoms with Gasteiger partial charge < -0.3 is 14.4 Å². The zero-order valence-electron chi connectivity index (χ0n) is 14.5. The number of fused-ring (bicyclic) bond motifs is 1. The van der Waals surface area contributed by atoms with E-state index < -0.39 is 0 Å². The van der Waals surface area contributed by atoms with Crippen LogP contribution in [-0.4, -0.2) is 29.1 Å². The largest absolute Gasteiger partial charge is 0.454 e. The van der Waals surface area contributed by atoms with Crippen molar-refractivity contribution in [3.8, 4) is 11.5 Å². The highest BCUT2D eigenvalue weighted by Gasteiger charge is 2.23. The molecule has 0 saturated heterocycles. The van der Waals surface area contributed by atoms with Crippen LogP contribution in [-0.2, 0) is 6.54 Å². The van der Waals surface area contributed by atoms with E-state index in [0.29, 0.717) is 19.0 Å². The summed E-state index contributed by atoms with van der Waals surface area (Å²) in [7, 11) is 0. The normalized spacial score (nSPS) is 12.7. The average molecular weight is 346 g/mol. The van der Waals surface area contributed by atoms with Gasteiger partial charge in [0.05, 0.1) is 10.7 Å². The molecular formula is C18H22N2O3S. The second-order valence-electron chi connectivity index (χ2n) is 6.41. The minimum atomic E-state index is 0.0458. The van der Waals surface area contributed by atoms with Crippen LogP contribution in [0.3, 0.4) is 0 Å². The first-order valence-electron chi connectivity index (χ1n) is 8.06. The molecule has 5 nitrogen and oxygen atoms in total. The summed E-state index contributed by atoms with van der Waals surface area (Å²) in [4.78, 5) is 20.0. The predicted molar refractivity (Wildman–Crippen MR) is 93.7 cm³/mol. The molecule has 24 heavy (non-hydrogen) atoms. The summed E-state index contributed by atoms with van der Waals surface area (Å²) in [6.07, 6.45) is 0. The maximum Gasteiger partial charge on any atom is 0.266 e. The van der Waals surface area contributed by atoms with Crippen molar-refractivity contribution in [2.75, 3.05) is 13.3 Å². The van der Waals surface area contributed by atoms with Crippen LogP contribution >= 0.6 is 11.3 Å². The number of benzene rings is 1. The Morgan fingerprint density at radius 3 is 2.71 bits per heavy atom. The fraction of sp³-hybridized carbons (Fsp3) is 0.444. The SMILES string of the molecule is Cc1nc(C)c(C(=O)N(Cc2ccc3c(c2)OCO3)CC(C)C)s1. The highest BCUT2D eigenvalue weighted by atomic mass is 32.1. The molecule has 128 valence electrons. The third-order valence-corrected chi connectivity index (χ3v) is 4.84. The van der Waals surface area contributed by atoms with Crippen molar-refractivity contribution in [1.82, 2.24) is 9.88 Å². The lowest BCUT2D eigenvalue weighted by Crippen LogP contribution is -2.33. The Kier molecular flexibility index (Phi) is 4.76. The standard InChI is InChI=1S/C18H22N2O3S/c1-11(2)8-20(18(21)17-12(3)19-13(4)24-17)9-14-5-6-15-16(7-14)23-10-22-15/h5-7,11H,8-10H2,1-4H3. The van der Waals surface area contributed by atoms with Crippen LogP contribution in [0, 0.1) is 19.8 Å². The maximum absolute atomic E-state index is 13.0. The molecule has 0 spiro atoms. The Hall–Kier alpha value is -2.08. The van der Waals surface area contributed by atoms with Crippen LogP contribution in [0.1, 0.15) is 39.8 Å². The van der Waals surface area contributed by atoms with Crippen molar-refractivity contribution in [3.63, 3.8) is 0 Å². The second kappa shape index (κ2) is 6.81. The minimum absolute atomic E-state index is 0.0458. The van der Waals surface area contributed by atoms with Crippen LogP contribution in [0.15, 0.2) is 18.2 Å². The Morgan fingerprint density at radius 1 is 1.29 bits per heavy atom. The fourth-order valence-electron chi connectivity index (χ4n) is 2.79. The topological polar surface area (TPSA) is 51.7 Å². The van der Waals surface area contributed by atoms with Crippen LogP contribution in [0.2, 0.25) is 0 Å². The van der Waals surface area contributed by atoms with E-state index in [1.54, 1.807) is 0 Å². The summed E-state index contributed by atoms with van der Waals surface area (Å²) in [5.41, 5.74) is 1.84. The molecule has 1 aliphatic heterocycles. The van der Waals surface area contributed by atoms with E-state index in [1.165, 1.54) is 11.3 Å². The van der Waals surface area contributed by atoms with Crippen LogP contribution in [0.5, 0.6) is 11.5 Å². The lowest BCUT2D eigenvalue weighted by Gasteiger charge is -2.24. The van der Waals surface area contributed by atoms with Gasteiger partial charge in [0.25, 0.3) is 5.91 Å². The van der Waals surface area contributed by atoms with Crippen molar-refractivity contribution in [3.05, 3.63) is 39.3 Å². The molecule has 0 saturated carbocycles. The fourth-order valence-corrected chi connectivity index (χ4v) is 3.68. The molecule has 0 aliphatic carbocycles.